The molecule has 0 saturated heterocycles. The number of fused-ring (bicyclic) bond motifs is 1. The summed E-state index contributed by atoms with van der Waals surface area (Å²) in [4.78, 5) is 15.1. The third-order valence-corrected chi connectivity index (χ3v) is 5.90. The lowest BCUT2D eigenvalue weighted by Gasteiger charge is -2.17. The third-order valence-electron chi connectivity index (χ3n) is 5.30. The molecule has 1 atom stereocenters. The van der Waals surface area contributed by atoms with Crippen LogP contribution in [0.4, 0.5) is 0 Å². The Morgan fingerprint density at radius 3 is 2.59 bits per heavy atom. The summed E-state index contributed by atoms with van der Waals surface area (Å²) in [5.41, 5.74) is 3.57. The second-order valence-electron chi connectivity index (χ2n) is 7.47. The van der Waals surface area contributed by atoms with Gasteiger partial charge in [-0.3, -0.25) is 10.1 Å². The predicted octanol–water partition coefficient (Wildman–Crippen LogP) is 5.84. The molecular formula is C25H22Cl2N2O3. The number of nitrogens with one attached hydrogen (secondary N) is 2. The van der Waals surface area contributed by atoms with Gasteiger partial charge in [0.1, 0.15) is 18.4 Å². The maximum atomic E-state index is 11.9. The highest BCUT2D eigenvalue weighted by atomic mass is 35.5. The summed E-state index contributed by atoms with van der Waals surface area (Å²) in [6, 6.07) is 19.8. The van der Waals surface area contributed by atoms with Gasteiger partial charge >= 0.3 is 5.97 Å². The fourth-order valence-electron chi connectivity index (χ4n) is 3.60. The molecule has 3 N–H and O–H groups in total. The zero-order valence-corrected chi connectivity index (χ0v) is 18.7. The highest BCUT2D eigenvalue weighted by Gasteiger charge is 2.20. The summed E-state index contributed by atoms with van der Waals surface area (Å²) >= 11 is 12.4. The minimum atomic E-state index is -0.921. The molecule has 7 heteroatoms. The number of ether oxygens (including phenoxy) is 1. The Hall–Kier alpha value is -2.99. The van der Waals surface area contributed by atoms with Gasteiger partial charge in [-0.2, -0.15) is 0 Å². The quantitative estimate of drug-likeness (QED) is 0.288. The zero-order valence-electron chi connectivity index (χ0n) is 17.1. The number of aliphatic carboxylic acids is 1. The van der Waals surface area contributed by atoms with Crippen LogP contribution in [0.3, 0.4) is 0 Å². The number of aromatic nitrogens is 1. The first-order valence-corrected chi connectivity index (χ1v) is 10.9. The molecule has 0 aliphatic rings. The fourth-order valence-corrected chi connectivity index (χ4v) is 3.98. The molecule has 0 bridgehead atoms. The Bertz CT molecular complexity index is 1240. The Kier molecular flexibility index (Phi) is 7.00. The topological polar surface area (TPSA) is 74.3 Å². The van der Waals surface area contributed by atoms with E-state index in [2.05, 4.69) is 10.3 Å². The number of H-pyrrole nitrogens is 1. The minimum absolute atomic E-state index is 0.289. The van der Waals surface area contributed by atoms with Gasteiger partial charge in [-0.1, -0.05) is 59.6 Å². The number of para-hydroxylation sites is 1. The molecule has 0 amide bonds. The molecule has 164 valence electrons. The number of aromatic amines is 1. The number of carboxylic acids is 1. The van der Waals surface area contributed by atoms with Crippen molar-refractivity contribution in [3.8, 4) is 5.75 Å². The van der Waals surface area contributed by atoms with Gasteiger partial charge in [-0.05, 0) is 35.9 Å². The second-order valence-corrected chi connectivity index (χ2v) is 8.31. The van der Waals surface area contributed by atoms with Crippen LogP contribution < -0.4 is 10.1 Å². The highest BCUT2D eigenvalue weighted by molar-refractivity contribution is 6.31. The Balaban J connectivity index is 1.48. The van der Waals surface area contributed by atoms with E-state index in [9.17, 15) is 9.90 Å². The maximum Gasteiger partial charge on any atom is 0.321 e. The second kappa shape index (κ2) is 10.1. The fraction of sp³-hybridized carbons (Fsp3) is 0.160. The van der Waals surface area contributed by atoms with Gasteiger partial charge in [-0.15, -0.1) is 0 Å². The van der Waals surface area contributed by atoms with Crippen LogP contribution >= 0.6 is 23.2 Å². The van der Waals surface area contributed by atoms with E-state index in [1.165, 1.54) is 0 Å². The lowest BCUT2D eigenvalue weighted by atomic mass is 10.0. The van der Waals surface area contributed by atoms with Crippen LogP contribution in [0.1, 0.15) is 16.7 Å². The van der Waals surface area contributed by atoms with Crippen LogP contribution in [0.2, 0.25) is 10.0 Å². The number of hydrogen-bond donors (Lipinski definition) is 3. The zero-order chi connectivity index (χ0) is 22.5. The van der Waals surface area contributed by atoms with E-state index in [1.54, 1.807) is 18.2 Å². The SMILES string of the molecule is O=C(O)[C@@H](Cc1c[nH]c2ccccc12)NCc1cc(Cl)ccc1OCc1ccccc1Cl. The molecular weight excluding hydrogens is 447 g/mol. The summed E-state index contributed by atoms with van der Waals surface area (Å²) in [6.45, 7) is 0.587. The van der Waals surface area contributed by atoms with Gasteiger partial charge in [0.25, 0.3) is 0 Å². The largest absolute Gasteiger partial charge is 0.489 e. The number of halogens is 2. The number of benzene rings is 3. The van der Waals surface area contributed by atoms with E-state index >= 15 is 0 Å². The summed E-state index contributed by atoms with van der Waals surface area (Å²) in [5, 5.41) is 15.1. The van der Waals surface area contributed by atoms with E-state index < -0.39 is 12.0 Å². The van der Waals surface area contributed by atoms with Crippen LogP contribution in [0.5, 0.6) is 5.75 Å². The lowest BCUT2D eigenvalue weighted by molar-refractivity contribution is -0.139. The van der Waals surface area contributed by atoms with Crippen LogP contribution in [0, 0.1) is 0 Å². The molecule has 4 rings (SSSR count). The first kappa shape index (κ1) is 22.2. The van der Waals surface area contributed by atoms with E-state index in [0.29, 0.717) is 28.8 Å². The third kappa shape index (κ3) is 5.25. The Labute approximate surface area is 195 Å². The van der Waals surface area contributed by atoms with Crippen LogP contribution in [0.25, 0.3) is 10.9 Å². The van der Waals surface area contributed by atoms with Crippen LogP contribution in [-0.2, 0) is 24.4 Å². The summed E-state index contributed by atoms with van der Waals surface area (Å²) in [5.74, 6) is -0.297. The molecule has 0 radical (unpaired) electrons. The molecule has 0 aliphatic carbocycles. The van der Waals surface area contributed by atoms with Gasteiger partial charge in [-0.25, -0.2) is 0 Å². The molecule has 5 nitrogen and oxygen atoms in total. The van der Waals surface area contributed by atoms with Crippen molar-refractivity contribution >= 4 is 40.1 Å². The summed E-state index contributed by atoms with van der Waals surface area (Å²) in [6.07, 6.45) is 2.20. The van der Waals surface area contributed by atoms with Crippen molar-refractivity contribution in [2.75, 3.05) is 0 Å². The Morgan fingerprint density at radius 2 is 1.78 bits per heavy atom. The summed E-state index contributed by atoms with van der Waals surface area (Å²) in [7, 11) is 0. The molecule has 0 saturated carbocycles. The number of hydrogen-bond acceptors (Lipinski definition) is 3. The van der Waals surface area contributed by atoms with Crippen molar-refractivity contribution in [2.45, 2.75) is 25.6 Å². The van der Waals surface area contributed by atoms with Gasteiger partial charge in [0.15, 0.2) is 0 Å². The lowest BCUT2D eigenvalue weighted by Crippen LogP contribution is -2.38. The van der Waals surface area contributed by atoms with E-state index in [4.69, 9.17) is 27.9 Å². The average Bonchev–Trinajstić information content (AvgIpc) is 3.19. The molecule has 3 aromatic carbocycles. The number of carboxylic acid groups (broad SMARTS) is 1. The first-order chi connectivity index (χ1) is 15.5. The number of carbonyl (C=O) groups is 1. The molecule has 0 spiro atoms. The monoisotopic (exact) mass is 468 g/mol. The summed E-state index contributed by atoms with van der Waals surface area (Å²) < 4.78 is 5.98. The predicted molar refractivity (Wildman–Crippen MR) is 128 cm³/mol. The van der Waals surface area contributed by atoms with Crippen molar-refractivity contribution in [2.24, 2.45) is 0 Å². The molecule has 1 heterocycles. The van der Waals surface area contributed by atoms with Crippen molar-refractivity contribution in [3.63, 3.8) is 0 Å². The maximum absolute atomic E-state index is 11.9. The normalized spacial score (nSPS) is 12.1. The smallest absolute Gasteiger partial charge is 0.321 e. The van der Waals surface area contributed by atoms with Crippen molar-refractivity contribution in [3.05, 3.63) is 99.7 Å². The van der Waals surface area contributed by atoms with E-state index in [-0.39, 0.29) is 6.54 Å². The van der Waals surface area contributed by atoms with E-state index in [0.717, 1.165) is 27.6 Å². The highest BCUT2D eigenvalue weighted by Crippen LogP contribution is 2.26. The standard InChI is InChI=1S/C25H22Cl2N2O3/c26-19-9-10-24(32-15-16-5-1-3-7-21(16)27)18(11-19)14-29-23(25(30)31)12-17-13-28-22-8-4-2-6-20(17)22/h1-11,13,23,28-29H,12,14-15H2,(H,30,31)/t23-/m1/s1. The molecule has 1 aromatic heterocycles. The van der Waals surface area contributed by atoms with Gasteiger partial charge in [0, 0.05) is 51.2 Å². The molecule has 32 heavy (non-hydrogen) atoms. The van der Waals surface area contributed by atoms with Crippen molar-refractivity contribution in [1.29, 1.82) is 0 Å². The Morgan fingerprint density at radius 1 is 1.00 bits per heavy atom. The minimum Gasteiger partial charge on any atom is -0.489 e. The molecule has 4 aromatic rings. The van der Waals surface area contributed by atoms with Crippen LogP contribution in [0.15, 0.2) is 72.9 Å². The van der Waals surface area contributed by atoms with Crippen molar-refractivity contribution < 1.29 is 14.6 Å². The van der Waals surface area contributed by atoms with Gasteiger partial charge in [0.05, 0.1) is 0 Å². The van der Waals surface area contributed by atoms with Gasteiger partial charge in [0.2, 0.25) is 0 Å². The molecule has 0 aliphatic heterocycles. The van der Waals surface area contributed by atoms with E-state index in [1.807, 2.05) is 54.7 Å². The van der Waals surface area contributed by atoms with Crippen LogP contribution in [-0.4, -0.2) is 22.1 Å². The molecule has 0 unspecified atom stereocenters. The van der Waals surface area contributed by atoms with Gasteiger partial charge < -0.3 is 14.8 Å². The van der Waals surface area contributed by atoms with Crippen molar-refractivity contribution in [1.82, 2.24) is 10.3 Å². The number of rotatable bonds is 9. The molecule has 0 fully saturated rings. The first-order valence-electron chi connectivity index (χ1n) is 10.2. The average molecular weight is 469 g/mol.